The first kappa shape index (κ1) is 10.6. The average molecular weight is 211 g/mol. The zero-order valence-electron chi connectivity index (χ0n) is 8.98. The lowest BCUT2D eigenvalue weighted by molar-refractivity contribution is 0.385. The van der Waals surface area contributed by atoms with Crippen molar-refractivity contribution in [2.24, 2.45) is 0 Å². The Morgan fingerprint density at radius 1 is 1.33 bits per heavy atom. The van der Waals surface area contributed by atoms with Gasteiger partial charge >= 0.3 is 0 Å². The van der Waals surface area contributed by atoms with E-state index in [9.17, 15) is 8.78 Å². The Morgan fingerprint density at radius 3 is 2.67 bits per heavy atom. The van der Waals surface area contributed by atoms with E-state index in [1.54, 1.807) is 0 Å². The van der Waals surface area contributed by atoms with E-state index in [4.69, 9.17) is 0 Å². The van der Waals surface area contributed by atoms with Gasteiger partial charge < -0.3 is 5.32 Å². The topological polar surface area (TPSA) is 12.0 Å². The lowest BCUT2D eigenvalue weighted by atomic mass is 9.84. The van der Waals surface area contributed by atoms with Gasteiger partial charge in [0.25, 0.3) is 0 Å². The van der Waals surface area contributed by atoms with Crippen LogP contribution in [0.3, 0.4) is 0 Å². The molecule has 0 saturated heterocycles. The summed E-state index contributed by atoms with van der Waals surface area (Å²) in [6.45, 7) is 4.43. The maximum absolute atomic E-state index is 13.6. The van der Waals surface area contributed by atoms with Crippen molar-refractivity contribution in [3.8, 4) is 0 Å². The molecule has 1 aromatic carbocycles. The van der Waals surface area contributed by atoms with Crippen molar-refractivity contribution in [1.82, 2.24) is 5.32 Å². The maximum atomic E-state index is 13.6. The summed E-state index contributed by atoms with van der Waals surface area (Å²) in [6, 6.07) is 2.67. The Hall–Kier alpha value is -0.960. The number of fused-ring (bicyclic) bond motifs is 1. The smallest absolute Gasteiger partial charge is 0.128 e. The molecule has 1 aromatic rings. The summed E-state index contributed by atoms with van der Waals surface area (Å²) in [5, 5.41) is 3.24. The second kappa shape index (κ2) is 3.89. The highest BCUT2D eigenvalue weighted by Crippen LogP contribution is 2.32. The highest BCUT2D eigenvalue weighted by molar-refractivity contribution is 5.35. The molecular formula is C12H15F2N. The van der Waals surface area contributed by atoms with E-state index in [1.165, 1.54) is 12.1 Å². The Kier molecular flexibility index (Phi) is 2.74. The molecule has 2 atom stereocenters. The Morgan fingerprint density at radius 2 is 2.00 bits per heavy atom. The molecule has 2 rings (SSSR count). The van der Waals surface area contributed by atoms with Gasteiger partial charge in [0.05, 0.1) is 0 Å². The minimum absolute atomic E-state index is 0.0365. The normalized spacial score (nSPS) is 25.1. The molecule has 0 spiro atoms. The van der Waals surface area contributed by atoms with Crippen molar-refractivity contribution >= 4 is 0 Å². The number of rotatable bonds is 1. The lowest BCUT2D eigenvalue weighted by Crippen LogP contribution is -2.38. The molecule has 82 valence electrons. The van der Waals surface area contributed by atoms with Gasteiger partial charge in [0.15, 0.2) is 0 Å². The molecule has 0 fully saturated rings. The summed E-state index contributed by atoms with van der Waals surface area (Å²) in [4.78, 5) is 0. The van der Waals surface area contributed by atoms with Gasteiger partial charge in [-0.15, -0.1) is 0 Å². The van der Waals surface area contributed by atoms with Crippen LogP contribution in [0.15, 0.2) is 12.1 Å². The summed E-state index contributed by atoms with van der Waals surface area (Å²) < 4.78 is 27.1. The molecule has 0 saturated carbocycles. The van der Waals surface area contributed by atoms with Gasteiger partial charge in [0.1, 0.15) is 11.6 Å². The minimum Gasteiger partial charge on any atom is -0.309 e. The number of hydrogen-bond donors (Lipinski definition) is 1. The maximum Gasteiger partial charge on any atom is 0.128 e. The van der Waals surface area contributed by atoms with E-state index in [-0.39, 0.29) is 23.6 Å². The third kappa shape index (κ3) is 1.65. The molecule has 1 nitrogen and oxygen atoms in total. The van der Waals surface area contributed by atoms with Crippen LogP contribution < -0.4 is 5.32 Å². The van der Waals surface area contributed by atoms with Crippen LogP contribution in [0.2, 0.25) is 0 Å². The molecule has 0 amide bonds. The summed E-state index contributed by atoms with van der Waals surface area (Å²) >= 11 is 0. The van der Waals surface area contributed by atoms with Crippen molar-refractivity contribution in [3.05, 3.63) is 34.9 Å². The van der Waals surface area contributed by atoms with E-state index in [1.807, 2.05) is 6.92 Å². The fourth-order valence-electron chi connectivity index (χ4n) is 2.39. The molecular weight excluding hydrogens is 196 g/mol. The molecule has 2 unspecified atom stereocenters. The SMILES string of the molecule is CCC1NCc2c(F)ccc(F)c2C1C. The van der Waals surface area contributed by atoms with Crippen molar-refractivity contribution in [2.45, 2.75) is 38.8 Å². The van der Waals surface area contributed by atoms with Crippen LogP contribution in [0.1, 0.15) is 37.3 Å². The first-order valence-electron chi connectivity index (χ1n) is 5.35. The van der Waals surface area contributed by atoms with Crippen molar-refractivity contribution in [3.63, 3.8) is 0 Å². The van der Waals surface area contributed by atoms with E-state index in [2.05, 4.69) is 12.2 Å². The van der Waals surface area contributed by atoms with Crippen molar-refractivity contribution in [1.29, 1.82) is 0 Å². The molecule has 0 bridgehead atoms. The van der Waals surface area contributed by atoms with E-state index >= 15 is 0 Å². The quantitative estimate of drug-likeness (QED) is 0.753. The third-order valence-electron chi connectivity index (χ3n) is 3.29. The molecule has 15 heavy (non-hydrogen) atoms. The highest BCUT2D eigenvalue weighted by Gasteiger charge is 2.28. The van der Waals surface area contributed by atoms with Gasteiger partial charge in [-0.25, -0.2) is 8.78 Å². The van der Waals surface area contributed by atoms with Crippen molar-refractivity contribution < 1.29 is 8.78 Å². The Labute approximate surface area is 88.5 Å². The van der Waals surface area contributed by atoms with E-state index in [0.717, 1.165) is 6.42 Å². The van der Waals surface area contributed by atoms with Crippen LogP contribution in [-0.4, -0.2) is 6.04 Å². The third-order valence-corrected chi connectivity index (χ3v) is 3.29. The van der Waals surface area contributed by atoms with Crippen LogP contribution >= 0.6 is 0 Å². The molecule has 1 aliphatic rings. The minimum atomic E-state index is -0.305. The zero-order chi connectivity index (χ0) is 11.0. The van der Waals surface area contributed by atoms with Crippen LogP contribution in [0.5, 0.6) is 0 Å². The summed E-state index contributed by atoms with van der Waals surface area (Å²) in [7, 11) is 0. The fourth-order valence-corrected chi connectivity index (χ4v) is 2.39. The van der Waals surface area contributed by atoms with Crippen LogP contribution in [0.25, 0.3) is 0 Å². The average Bonchev–Trinajstić information content (AvgIpc) is 2.23. The Balaban J connectivity index is 2.50. The van der Waals surface area contributed by atoms with Crippen LogP contribution in [0.4, 0.5) is 8.78 Å². The molecule has 3 heteroatoms. The number of benzene rings is 1. The number of halogens is 2. The first-order chi connectivity index (χ1) is 7.15. The Bertz CT molecular complexity index is 376. The molecule has 0 radical (unpaired) electrons. The van der Waals surface area contributed by atoms with E-state index < -0.39 is 0 Å². The highest BCUT2D eigenvalue weighted by atomic mass is 19.1. The standard InChI is InChI=1S/C12H15F2N/c1-3-11-7(2)12-8(6-15-11)9(13)4-5-10(12)14/h4-5,7,11,15H,3,6H2,1-2H3. The predicted octanol–water partition coefficient (Wildman–Crippen LogP) is 2.95. The van der Waals surface area contributed by atoms with Crippen molar-refractivity contribution in [2.75, 3.05) is 0 Å². The number of nitrogens with one attached hydrogen (secondary N) is 1. The van der Waals surface area contributed by atoms with Gasteiger partial charge in [-0.2, -0.15) is 0 Å². The molecule has 0 aliphatic carbocycles. The molecule has 1 aliphatic heterocycles. The fraction of sp³-hybridized carbons (Fsp3) is 0.500. The van der Waals surface area contributed by atoms with Gasteiger partial charge in [0.2, 0.25) is 0 Å². The lowest BCUT2D eigenvalue weighted by Gasteiger charge is -2.32. The van der Waals surface area contributed by atoms with Gasteiger partial charge in [0, 0.05) is 18.2 Å². The summed E-state index contributed by atoms with van der Waals surface area (Å²) in [6.07, 6.45) is 0.927. The summed E-state index contributed by atoms with van der Waals surface area (Å²) in [5.41, 5.74) is 1.05. The second-order valence-corrected chi connectivity index (χ2v) is 4.11. The monoisotopic (exact) mass is 211 g/mol. The first-order valence-corrected chi connectivity index (χ1v) is 5.35. The second-order valence-electron chi connectivity index (χ2n) is 4.11. The zero-order valence-corrected chi connectivity index (χ0v) is 8.98. The molecule has 0 aromatic heterocycles. The van der Waals surface area contributed by atoms with Gasteiger partial charge in [-0.3, -0.25) is 0 Å². The summed E-state index contributed by atoms with van der Waals surface area (Å²) in [5.74, 6) is -0.548. The van der Waals surface area contributed by atoms with E-state index in [0.29, 0.717) is 17.7 Å². The van der Waals surface area contributed by atoms with Crippen LogP contribution in [-0.2, 0) is 6.54 Å². The largest absolute Gasteiger partial charge is 0.309 e. The number of hydrogen-bond acceptors (Lipinski definition) is 1. The van der Waals surface area contributed by atoms with Crippen LogP contribution in [0, 0.1) is 11.6 Å². The molecule has 1 N–H and O–H groups in total. The van der Waals surface area contributed by atoms with Gasteiger partial charge in [-0.05, 0) is 30.0 Å². The predicted molar refractivity (Wildman–Crippen MR) is 55.7 cm³/mol. The molecule has 1 heterocycles. The van der Waals surface area contributed by atoms with Gasteiger partial charge in [-0.1, -0.05) is 13.8 Å².